The number of carbonyl (C=O) groups is 2. The van der Waals surface area contributed by atoms with Crippen LogP contribution >= 0.6 is 11.8 Å². The Morgan fingerprint density at radius 3 is 2.89 bits per heavy atom. The first-order valence-corrected chi connectivity index (χ1v) is 13.4. The van der Waals surface area contributed by atoms with E-state index in [1.54, 1.807) is 31.4 Å². The van der Waals surface area contributed by atoms with Crippen LogP contribution in [0.5, 0.6) is 5.88 Å². The van der Waals surface area contributed by atoms with E-state index in [4.69, 9.17) is 14.2 Å². The van der Waals surface area contributed by atoms with Crippen molar-refractivity contribution in [1.82, 2.24) is 15.3 Å². The van der Waals surface area contributed by atoms with Gasteiger partial charge in [-0.1, -0.05) is 0 Å². The van der Waals surface area contributed by atoms with Gasteiger partial charge in [-0.05, 0) is 30.3 Å². The molecule has 3 aromatic rings. The lowest BCUT2D eigenvalue weighted by Crippen LogP contribution is -2.44. The predicted molar refractivity (Wildman–Crippen MR) is 144 cm³/mol. The highest BCUT2D eigenvalue weighted by Gasteiger charge is 2.37. The summed E-state index contributed by atoms with van der Waals surface area (Å²) in [6.07, 6.45) is 1.01. The molecular formula is C26H28N6O5S. The molecule has 3 atom stereocenters. The highest BCUT2D eigenvalue weighted by atomic mass is 32.2. The van der Waals surface area contributed by atoms with E-state index in [1.807, 2.05) is 30.3 Å². The van der Waals surface area contributed by atoms with Crippen molar-refractivity contribution in [2.45, 2.75) is 23.1 Å². The molecule has 12 heteroatoms. The van der Waals surface area contributed by atoms with Crippen LogP contribution in [-0.2, 0) is 14.3 Å². The number of ether oxygens (including phenoxy) is 3. The Morgan fingerprint density at radius 1 is 1.16 bits per heavy atom. The van der Waals surface area contributed by atoms with Gasteiger partial charge in [0.05, 0.1) is 48.4 Å². The van der Waals surface area contributed by atoms with Crippen LogP contribution < -0.4 is 25.2 Å². The fraction of sp³-hybridized carbons (Fsp3) is 0.385. The van der Waals surface area contributed by atoms with Gasteiger partial charge < -0.3 is 29.7 Å². The number of hydrogen-bond donors (Lipinski definition) is 2. The normalized spacial score (nSPS) is 22.9. The van der Waals surface area contributed by atoms with Gasteiger partial charge in [0.15, 0.2) is 0 Å². The first-order valence-electron chi connectivity index (χ1n) is 12.4. The van der Waals surface area contributed by atoms with E-state index in [1.165, 1.54) is 11.8 Å². The number of hydrogen-bond acceptors (Lipinski definition) is 10. The van der Waals surface area contributed by atoms with Crippen LogP contribution in [0.4, 0.5) is 21.9 Å². The van der Waals surface area contributed by atoms with E-state index in [2.05, 4.69) is 25.5 Å². The molecule has 2 aromatic heterocycles. The van der Waals surface area contributed by atoms with Gasteiger partial charge in [-0.2, -0.15) is 0 Å². The molecule has 2 N–H and O–H groups in total. The smallest absolute Gasteiger partial charge is 0.414 e. The molecule has 38 heavy (non-hydrogen) atoms. The van der Waals surface area contributed by atoms with Gasteiger partial charge in [-0.25, -0.2) is 9.78 Å². The third-order valence-corrected chi connectivity index (χ3v) is 8.12. The molecule has 0 radical (unpaired) electrons. The van der Waals surface area contributed by atoms with Crippen LogP contribution in [0.15, 0.2) is 47.5 Å². The summed E-state index contributed by atoms with van der Waals surface area (Å²) < 4.78 is 16.8. The van der Waals surface area contributed by atoms with Crippen molar-refractivity contribution in [3.63, 3.8) is 0 Å². The number of benzene rings is 1. The summed E-state index contributed by atoms with van der Waals surface area (Å²) in [5.41, 5.74) is 3.97. The quantitative estimate of drug-likeness (QED) is 0.466. The van der Waals surface area contributed by atoms with Crippen molar-refractivity contribution in [2.75, 3.05) is 61.3 Å². The molecule has 5 heterocycles. The van der Waals surface area contributed by atoms with Crippen LogP contribution in [-0.4, -0.2) is 86.4 Å². The predicted octanol–water partition coefficient (Wildman–Crippen LogP) is 2.50. The number of thioether (sulfide) groups is 1. The minimum atomic E-state index is -0.397. The Labute approximate surface area is 223 Å². The average Bonchev–Trinajstić information content (AvgIpc) is 3.53. The third-order valence-electron chi connectivity index (χ3n) is 7.05. The van der Waals surface area contributed by atoms with Gasteiger partial charge in [-0.15, -0.1) is 11.8 Å². The van der Waals surface area contributed by atoms with Gasteiger partial charge in [-0.3, -0.25) is 14.7 Å². The van der Waals surface area contributed by atoms with Crippen LogP contribution in [0.3, 0.4) is 0 Å². The summed E-state index contributed by atoms with van der Waals surface area (Å²) in [6.45, 7) is 2.28. The maximum Gasteiger partial charge on any atom is 0.414 e. The molecule has 198 valence electrons. The van der Waals surface area contributed by atoms with Gasteiger partial charge in [0.25, 0.3) is 0 Å². The molecule has 0 saturated carbocycles. The lowest BCUT2D eigenvalue weighted by atomic mass is 10.2. The lowest BCUT2D eigenvalue weighted by Gasteiger charge is -2.21. The van der Waals surface area contributed by atoms with Gasteiger partial charge in [0.2, 0.25) is 11.8 Å². The Morgan fingerprint density at radius 2 is 2.05 bits per heavy atom. The topological polar surface area (TPSA) is 118 Å². The maximum absolute atomic E-state index is 12.7. The molecule has 1 unspecified atom stereocenters. The molecule has 1 aromatic carbocycles. The molecule has 0 bridgehead atoms. The van der Waals surface area contributed by atoms with Crippen molar-refractivity contribution in [3.05, 3.63) is 42.6 Å². The minimum absolute atomic E-state index is 0.0255. The number of rotatable bonds is 7. The highest BCUT2D eigenvalue weighted by Crippen LogP contribution is 2.35. The Hall–Kier alpha value is -3.61. The zero-order valence-corrected chi connectivity index (χ0v) is 21.9. The van der Waals surface area contributed by atoms with Crippen molar-refractivity contribution in [1.29, 1.82) is 0 Å². The highest BCUT2D eigenvalue weighted by molar-refractivity contribution is 8.00. The second kappa shape index (κ2) is 10.3. The zero-order valence-electron chi connectivity index (χ0n) is 21.0. The van der Waals surface area contributed by atoms with E-state index in [0.717, 1.165) is 27.3 Å². The van der Waals surface area contributed by atoms with Crippen molar-refractivity contribution >= 4 is 51.9 Å². The number of carbonyl (C=O) groups excluding carboxylic acids is 2. The number of methoxy groups -OCH3 is 2. The van der Waals surface area contributed by atoms with E-state index in [0.29, 0.717) is 43.5 Å². The van der Waals surface area contributed by atoms with E-state index in [-0.39, 0.29) is 24.2 Å². The Kier molecular flexibility index (Phi) is 6.68. The standard InChI is InChI=1S/C26H28N6O5S/c1-35-21-13-31(20-7-8-27-17-4-6-24(36-2)30-25(17)20)12-19(21)28-10-16-11-32(26(34)37-16)15-3-5-22-18(9-15)29-23(33)14-38-22/h3-9,16,19,21,28H,10-14H2,1-2H3,(H,29,33)/t16?,19-,21-/m0/s1. The van der Waals surface area contributed by atoms with Crippen molar-refractivity contribution < 1.29 is 23.8 Å². The first-order chi connectivity index (χ1) is 18.5. The van der Waals surface area contributed by atoms with E-state index < -0.39 is 6.09 Å². The maximum atomic E-state index is 12.7. The van der Waals surface area contributed by atoms with Crippen LogP contribution in [0, 0.1) is 0 Å². The van der Waals surface area contributed by atoms with Crippen molar-refractivity contribution in [3.8, 4) is 5.88 Å². The molecule has 0 spiro atoms. The monoisotopic (exact) mass is 536 g/mol. The zero-order chi connectivity index (χ0) is 26.2. The molecule has 3 aliphatic heterocycles. The number of nitrogens with one attached hydrogen (secondary N) is 2. The summed E-state index contributed by atoms with van der Waals surface area (Å²) in [4.78, 5) is 38.3. The fourth-order valence-electron chi connectivity index (χ4n) is 5.13. The number of anilines is 3. The van der Waals surface area contributed by atoms with Gasteiger partial charge >= 0.3 is 6.09 Å². The third kappa shape index (κ3) is 4.70. The lowest BCUT2D eigenvalue weighted by molar-refractivity contribution is -0.113. The summed E-state index contributed by atoms with van der Waals surface area (Å²) >= 11 is 1.49. The number of cyclic esters (lactones) is 1. The molecule has 3 aliphatic rings. The first kappa shape index (κ1) is 24.7. The Bertz CT molecular complexity index is 1390. The molecule has 0 aliphatic carbocycles. The van der Waals surface area contributed by atoms with E-state index in [9.17, 15) is 9.59 Å². The second-order valence-corrected chi connectivity index (χ2v) is 10.4. The van der Waals surface area contributed by atoms with Crippen LogP contribution in [0.1, 0.15) is 0 Å². The fourth-order valence-corrected chi connectivity index (χ4v) is 5.92. The van der Waals surface area contributed by atoms with Crippen LogP contribution in [0.25, 0.3) is 11.0 Å². The van der Waals surface area contributed by atoms with Crippen molar-refractivity contribution in [2.24, 2.45) is 0 Å². The average molecular weight is 537 g/mol. The summed E-state index contributed by atoms with van der Waals surface area (Å²) in [5.74, 6) is 0.893. The van der Waals surface area contributed by atoms with E-state index >= 15 is 0 Å². The summed E-state index contributed by atoms with van der Waals surface area (Å²) in [5, 5.41) is 6.43. The second-order valence-electron chi connectivity index (χ2n) is 9.38. The molecule has 6 rings (SSSR count). The number of nitrogens with zero attached hydrogens (tertiary/aromatic N) is 4. The number of fused-ring (bicyclic) bond motifs is 2. The number of pyridine rings is 2. The van der Waals surface area contributed by atoms with Gasteiger partial charge in [0.1, 0.15) is 11.6 Å². The molecule has 11 nitrogen and oxygen atoms in total. The molecule has 2 saturated heterocycles. The SMILES string of the molecule is COc1ccc2nccc(N3C[C@H](NCC4CN(c5ccc6c(c5)NC(=O)CS6)C(=O)O4)[C@@H](OC)C3)c2n1. The molecule has 2 fully saturated rings. The summed E-state index contributed by atoms with van der Waals surface area (Å²) in [6, 6.07) is 11.3. The molecular weight excluding hydrogens is 508 g/mol. The Balaban J connectivity index is 1.12. The molecule has 2 amide bonds. The minimum Gasteiger partial charge on any atom is -0.481 e. The summed E-state index contributed by atoms with van der Waals surface area (Å²) in [7, 11) is 3.31. The number of aromatic nitrogens is 2. The number of amides is 2. The van der Waals surface area contributed by atoms with Gasteiger partial charge in [0, 0.05) is 49.6 Å². The largest absolute Gasteiger partial charge is 0.481 e. The van der Waals surface area contributed by atoms with Crippen LogP contribution in [0.2, 0.25) is 0 Å².